The van der Waals surface area contributed by atoms with Crippen molar-refractivity contribution < 1.29 is 4.52 Å². The van der Waals surface area contributed by atoms with E-state index >= 15 is 0 Å². The van der Waals surface area contributed by atoms with Crippen LogP contribution in [0.25, 0.3) is 23.0 Å². The van der Waals surface area contributed by atoms with Gasteiger partial charge in [0.2, 0.25) is 5.82 Å². The molecule has 4 rings (SSSR count). The molecule has 0 aliphatic rings. The van der Waals surface area contributed by atoms with Gasteiger partial charge in [0.15, 0.2) is 0 Å². The first-order valence-corrected chi connectivity index (χ1v) is 7.83. The van der Waals surface area contributed by atoms with Gasteiger partial charge >= 0.3 is 0 Å². The number of nitrogens with one attached hydrogen (secondary N) is 1. The van der Waals surface area contributed by atoms with E-state index in [2.05, 4.69) is 25.4 Å². The van der Waals surface area contributed by atoms with Crippen LogP contribution in [0.3, 0.4) is 0 Å². The monoisotopic (exact) mass is 329 g/mol. The Bertz CT molecular complexity index is 980. The Balaban J connectivity index is 1.56. The molecule has 122 valence electrons. The second kappa shape index (κ2) is 6.52. The standard InChI is InChI=1S/C19H15N5O/c1-13-4-2-11-21-17(13)18-23-19(25-24-18)14-6-8-15(9-7-14)22-16-5-3-10-20-12-16/h2-12,22H,1H3. The number of anilines is 2. The molecule has 3 heterocycles. The van der Waals surface area contributed by atoms with Gasteiger partial charge in [-0.3, -0.25) is 9.97 Å². The first-order chi connectivity index (χ1) is 12.3. The molecule has 0 bridgehead atoms. The molecule has 1 N–H and O–H groups in total. The van der Waals surface area contributed by atoms with E-state index < -0.39 is 0 Å². The first-order valence-electron chi connectivity index (χ1n) is 7.83. The van der Waals surface area contributed by atoms with Crippen LogP contribution in [-0.4, -0.2) is 20.1 Å². The minimum Gasteiger partial charge on any atom is -0.354 e. The SMILES string of the molecule is Cc1cccnc1-c1noc(-c2ccc(Nc3cccnc3)cc2)n1. The summed E-state index contributed by atoms with van der Waals surface area (Å²) >= 11 is 0. The molecule has 0 saturated heterocycles. The number of rotatable bonds is 4. The summed E-state index contributed by atoms with van der Waals surface area (Å²) < 4.78 is 5.39. The molecule has 0 atom stereocenters. The molecule has 0 spiro atoms. The van der Waals surface area contributed by atoms with Crippen LogP contribution in [0.2, 0.25) is 0 Å². The fourth-order valence-electron chi connectivity index (χ4n) is 2.46. The molecule has 25 heavy (non-hydrogen) atoms. The van der Waals surface area contributed by atoms with Gasteiger partial charge in [0.05, 0.1) is 11.9 Å². The highest BCUT2D eigenvalue weighted by molar-refractivity contribution is 5.65. The third kappa shape index (κ3) is 3.23. The molecular formula is C19H15N5O. The predicted octanol–water partition coefficient (Wildman–Crippen LogP) is 4.25. The Labute approximate surface area is 144 Å². The van der Waals surface area contributed by atoms with Gasteiger partial charge in [-0.25, -0.2) is 0 Å². The van der Waals surface area contributed by atoms with Gasteiger partial charge < -0.3 is 9.84 Å². The van der Waals surface area contributed by atoms with E-state index in [4.69, 9.17) is 4.52 Å². The zero-order valence-electron chi connectivity index (χ0n) is 13.5. The van der Waals surface area contributed by atoms with Crippen molar-refractivity contribution in [1.82, 2.24) is 20.1 Å². The Kier molecular flexibility index (Phi) is 3.92. The summed E-state index contributed by atoms with van der Waals surface area (Å²) in [6.07, 6.45) is 5.23. The number of aryl methyl sites for hydroxylation is 1. The van der Waals surface area contributed by atoms with Gasteiger partial charge in [0, 0.05) is 23.6 Å². The highest BCUT2D eigenvalue weighted by Gasteiger charge is 2.13. The number of nitrogens with zero attached hydrogens (tertiary/aromatic N) is 4. The van der Waals surface area contributed by atoms with Crippen LogP contribution < -0.4 is 5.32 Å². The van der Waals surface area contributed by atoms with E-state index in [0.717, 1.165) is 28.2 Å². The van der Waals surface area contributed by atoms with Crippen LogP contribution in [0.4, 0.5) is 11.4 Å². The summed E-state index contributed by atoms with van der Waals surface area (Å²) in [5, 5.41) is 7.32. The molecule has 3 aromatic heterocycles. The van der Waals surface area contributed by atoms with Crippen molar-refractivity contribution in [2.75, 3.05) is 5.32 Å². The molecule has 0 fully saturated rings. The molecule has 1 aromatic carbocycles. The number of benzene rings is 1. The van der Waals surface area contributed by atoms with Gasteiger partial charge in [-0.1, -0.05) is 11.2 Å². The minimum absolute atomic E-state index is 0.466. The lowest BCUT2D eigenvalue weighted by molar-refractivity contribution is 0.432. The topological polar surface area (TPSA) is 76.7 Å². The Morgan fingerprint density at radius 3 is 2.52 bits per heavy atom. The molecule has 6 nitrogen and oxygen atoms in total. The smallest absolute Gasteiger partial charge is 0.258 e. The van der Waals surface area contributed by atoms with E-state index in [1.54, 1.807) is 18.6 Å². The summed E-state index contributed by atoms with van der Waals surface area (Å²) in [6, 6.07) is 15.5. The lowest BCUT2D eigenvalue weighted by Gasteiger charge is -2.05. The second-order valence-corrected chi connectivity index (χ2v) is 5.54. The van der Waals surface area contributed by atoms with Crippen molar-refractivity contribution >= 4 is 11.4 Å². The molecule has 6 heteroatoms. The van der Waals surface area contributed by atoms with Crippen molar-refractivity contribution in [2.24, 2.45) is 0 Å². The summed E-state index contributed by atoms with van der Waals surface area (Å²) in [4.78, 5) is 12.9. The maximum absolute atomic E-state index is 5.39. The second-order valence-electron chi connectivity index (χ2n) is 5.54. The zero-order chi connectivity index (χ0) is 17.1. The fourth-order valence-corrected chi connectivity index (χ4v) is 2.46. The molecule has 0 amide bonds. The average molecular weight is 329 g/mol. The van der Waals surface area contributed by atoms with Gasteiger partial charge in [-0.15, -0.1) is 0 Å². The maximum atomic E-state index is 5.39. The number of aromatic nitrogens is 4. The van der Waals surface area contributed by atoms with Crippen LogP contribution in [0.1, 0.15) is 5.56 Å². The van der Waals surface area contributed by atoms with E-state index in [0.29, 0.717) is 11.7 Å². The number of hydrogen-bond donors (Lipinski definition) is 1. The number of pyridine rings is 2. The Morgan fingerprint density at radius 2 is 1.76 bits per heavy atom. The van der Waals surface area contributed by atoms with E-state index in [-0.39, 0.29) is 0 Å². The normalized spacial score (nSPS) is 10.6. The summed E-state index contributed by atoms with van der Waals surface area (Å²) in [5.41, 5.74) is 4.47. The lowest BCUT2D eigenvalue weighted by Crippen LogP contribution is -1.90. The maximum Gasteiger partial charge on any atom is 0.258 e. The van der Waals surface area contributed by atoms with Crippen LogP contribution >= 0.6 is 0 Å². The lowest BCUT2D eigenvalue weighted by atomic mass is 10.2. The minimum atomic E-state index is 0.466. The van der Waals surface area contributed by atoms with Gasteiger partial charge in [-0.2, -0.15) is 4.98 Å². The van der Waals surface area contributed by atoms with Crippen LogP contribution in [0.15, 0.2) is 71.6 Å². The van der Waals surface area contributed by atoms with Gasteiger partial charge in [0.1, 0.15) is 5.69 Å². The van der Waals surface area contributed by atoms with E-state index in [1.165, 1.54) is 0 Å². The molecule has 0 saturated carbocycles. The van der Waals surface area contributed by atoms with Crippen LogP contribution in [0.5, 0.6) is 0 Å². The molecular weight excluding hydrogens is 314 g/mol. The molecule has 0 unspecified atom stereocenters. The molecule has 4 aromatic rings. The van der Waals surface area contributed by atoms with Crippen molar-refractivity contribution in [3.05, 3.63) is 72.7 Å². The third-order valence-electron chi connectivity index (χ3n) is 3.73. The Morgan fingerprint density at radius 1 is 0.920 bits per heavy atom. The van der Waals surface area contributed by atoms with E-state index in [1.807, 2.05) is 55.5 Å². The first kappa shape index (κ1) is 15.0. The largest absolute Gasteiger partial charge is 0.354 e. The van der Waals surface area contributed by atoms with Crippen molar-refractivity contribution in [3.63, 3.8) is 0 Å². The van der Waals surface area contributed by atoms with Crippen molar-refractivity contribution in [2.45, 2.75) is 6.92 Å². The van der Waals surface area contributed by atoms with Gasteiger partial charge in [0.25, 0.3) is 5.89 Å². The quantitative estimate of drug-likeness (QED) is 0.603. The van der Waals surface area contributed by atoms with Crippen molar-refractivity contribution in [3.8, 4) is 23.0 Å². The van der Waals surface area contributed by atoms with Gasteiger partial charge in [-0.05, 0) is 55.0 Å². The van der Waals surface area contributed by atoms with Crippen molar-refractivity contribution in [1.29, 1.82) is 0 Å². The highest BCUT2D eigenvalue weighted by atomic mass is 16.5. The fraction of sp³-hybridized carbons (Fsp3) is 0.0526. The average Bonchev–Trinajstić information content (AvgIpc) is 3.13. The summed E-state index contributed by atoms with van der Waals surface area (Å²) in [6.45, 7) is 1.97. The predicted molar refractivity (Wildman–Crippen MR) is 95.2 cm³/mol. The highest BCUT2D eigenvalue weighted by Crippen LogP contribution is 2.24. The Hall–Kier alpha value is -3.54. The number of hydrogen-bond acceptors (Lipinski definition) is 6. The third-order valence-corrected chi connectivity index (χ3v) is 3.73. The molecule has 0 aliphatic carbocycles. The van der Waals surface area contributed by atoms with Crippen LogP contribution in [-0.2, 0) is 0 Å². The summed E-state index contributed by atoms with van der Waals surface area (Å²) in [5.74, 6) is 0.957. The zero-order valence-corrected chi connectivity index (χ0v) is 13.5. The van der Waals surface area contributed by atoms with E-state index in [9.17, 15) is 0 Å². The molecule has 0 radical (unpaired) electrons. The van der Waals surface area contributed by atoms with Crippen LogP contribution in [0, 0.1) is 6.92 Å². The summed E-state index contributed by atoms with van der Waals surface area (Å²) in [7, 11) is 0. The molecule has 0 aliphatic heterocycles.